The van der Waals surface area contributed by atoms with E-state index in [1.165, 1.54) is 30.6 Å². The molecule has 0 aliphatic heterocycles. The molecule has 2 nitrogen and oxygen atoms in total. The van der Waals surface area contributed by atoms with Crippen molar-refractivity contribution in [3.05, 3.63) is 22.4 Å². The molecule has 1 aromatic heterocycles. The SMILES string of the molecule is CNCCCCCCOCc1cccs1. The van der Waals surface area contributed by atoms with E-state index in [1.54, 1.807) is 11.3 Å². The molecule has 3 heteroatoms. The summed E-state index contributed by atoms with van der Waals surface area (Å²) in [6.07, 6.45) is 5.06. The van der Waals surface area contributed by atoms with Crippen LogP contribution >= 0.6 is 11.3 Å². The zero-order valence-corrected chi connectivity index (χ0v) is 10.3. The molecule has 0 aliphatic rings. The molecule has 0 spiro atoms. The molecule has 1 rings (SSSR count). The molecule has 0 saturated heterocycles. The van der Waals surface area contributed by atoms with Gasteiger partial charge in [0.1, 0.15) is 0 Å². The van der Waals surface area contributed by atoms with Crippen LogP contribution < -0.4 is 5.32 Å². The number of nitrogens with one attached hydrogen (secondary N) is 1. The molecule has 1 heterocycles. The lowest BCUT2D eigenvalue weighted by Crippen LogP contribution is -2.07. The Morgan fingerprint density at radius 1 is 1.27 bits per heavy atom. The molecule has 0 saturated carbocycles. The molecule has 0 aromatic carbocycles. The van der Waals surface area contributed by atoms with Crippen molar-refractivity contribution in [2.45, 2.75) is 32.3 Å². The highest BCUT2D eigenvalue weighted by atomic mass is 32.1. The molecule has 0 radical (unpaired) electrons. The average molecular weight is 227 g/mol. The molecular formula is C12H21NOS. The Hall–Kier alpha value is -0.380. The third-order valence-electron chi connectivity index (χ3n) is 2.29. The number of unbranched alkanes of at least 4 members (excludes halogenated alkanes) is 3. The number of hydrogen-bond donors (Lipinski definition) is 1. The van der Waals surface area contributed by atoms with Crippen LogP contribution in [0.1, 0.15) is 30.6 Å². The van der Waals surface area contributed by atoms with Crippen molar-refractivity contribution in [1.29, 1.82) is 0 Å². The lowest BCUT2D eigenvalue weighted by molar-refractivity contribution is 0.119. The van der Waals surface area contributed by atoms with Crippen LogP contribution in [-0.2, 0) is 11.3 Å². The maximum atomic E-state index is 5.58. The van der Waals surface area contributed by atoms with E-state index in [2.05, 4.69) is 22.8 Å². The Kier molecular flexibility index (Phi) is 7.52. The van der Waals surface area contributed by atoms with Gasteiger partial charge in [0, 0.05) is 11.5 Å². The largest absolute Gasteiger partial charge is 0.376 e. The summed E-state index contributed by atoms with van der Waals surface area (Å²) in [5, 5.41) is 5.25. The summed E-state index contributed by atoms with van der Waals surface area (Å²) >= 11 is 1.76. The van der Waals surface area contributed by atoms with Crippen molar-refractivity contribution in [2.24, 2.45) is 0 Å². The Bertz CT molecular complexity index is 224. The molecule has 0 unspecified atom stereocenters. The lowest BCUT2D eigenvalue weighted by Gasteiger charge is -2.02. The molecule has 0 fully saturated rings. The van der Waals surface area contributed by atoms with Gasteiger partial charge in [0.2, 0.25) is 0 Å². The van der Waals surface area contributed by atoms with Gasteiger partial charge in [-0.2, -0.15) is 0 Å². The highest BCUT2D eigenvalue weighted by Crippen LogP contribution is 2.10. The summed E-state index contributed by atoms with van der Waals surface area (Å²) in [4.78, 5) is 1.32. The molecule has 15 heavy (non-hydrogen) atoms. The molecule has 1 N–H and O–H groups in total. The van der Waals surface area contributed by atoms with Gasteiger partial charge in [0.25, 0.3) is 0 Å². The molecular weight excluding hydrogens is 206 g/mol. The van der Waals surface area contributed by atoms with Gasteiger partial charge in [-0.1, -0.05) is 18.9 Å². The van der Waals surface area contributed by atoms with Crippen LogP contribution in [0.2, 0.25) is 0 Å². The Morgan fingerprint density at radius 3 is 2.87 bits per heavy atom. The minimum atomic E-state index is 0.786. The number of ether oxygens (including phenoxy) is 1. The maximum absolute atomic E-state index is 5.58. The minimum absolute atomic E-state index is 0.786. The first-order valence-corrected chi connectivity index (χ1v) is 6.56. The average Bonchev–Trinajstić information content (AvgIpc) is 2.75. The predicted octanol–water partition coefficient (Wildman–Crippen LogP) is 3.04. The Balaban J connectivity index is 1.81. The van der Waals surface area contributed by atoms with E-state index in [9.17, 15) is 0 Å². The van der Waals surface area contributed by atoms with Crippen LogP contribution in [0.5, 0.6) is 0 Å². The number of hydrogen-bond acceptors (Lipinski definition) is 3. The fourth-order valence-corrected chi connectivity index (χ4v) is 2.07. The molecule has 0 bridgehead atoms. The van der Waals surface area contributed by atoms with Gasteiger partial charge in [-0.25, -0.2) is 0 Å². The van der Waals surface area contributed by atoms with Crippen molar-refractivity contribution in [3.8, 4) is 0 Å². The van der Waals surface area contributed by atoms with Crippen molar-refractivity contribution < 1.29 is 4.74 Å². The normalized spacial score (nSPS) is 10.7. The fraction of sp³-hybridized carbons (Fsp3) is 0.667. The van der Waals surface area contributed by atoms with Crippen molar-refractivity contribution in [3.63, 3.8) is 0 Å². The van der Waals surface area contributed by atoms with Crippen LogP contribution in [0.4, 0.5) is 0 Å². The Labute approximate surface area is 96.7 Å². The van der Waals surface area contributed by atoms with Crippen LogP contribution in [0.3, 0.4) is 0 Å². The topological polar surface area (TPSA) is 21.3 Å². The summed E-state index contributed by atoms with van der Waals surface area (Å²) in [5.41, 5.74) is 0. The zero-order chi connectivity index (χ0) is 10.8. The standard InChI is InChI=1S/C12H21NOS/c1-13-8-4-2-3-5-9-14-11-12-7-6-10-15-12/h6-7,10,13H,2-5,8-9,11H2,1H3. The Morgan fingerprint density at radius 2 is 2.13 bits per heavy atom. The van der Waals surface area contributed by atoms with Gasteiger partial charge in [0.05, 0.1) is 6.61 Å². The second-order valence-electron chi connectivity index (χ2n) is 3.65. The fourth-order valence-electron chi connectivity index (χ4n) is 1.43. The molecule has 86 valence electrons. The first kappa shape index (κ1) is 12.7. The van der Waals surface area contributed by atoms with E-state index in [0.717, 1.165) is 19.8 Å². The third kappa shape index (κ3) is 6.66. The first-order chi connectivity index (χ1) is 7.43. The van der Waals surface area contributed by atoms with Gasteiger partial charge in [-0.3, -0.25) is 0 Å². The lowest BCUT2D eigenvalue weighted by atomic mass is 10.2. The van der Waals surface area contributed by atoms with E-state index in [4.69, 9.17) is 4.74 Å². The quantitative estimate of drug-likeness (QED) is 0.655. The third-order valence-corrected chi connectivity index (χ3v) is 3.14. The summed E-state index contributed by atoms with van der Waals surface area (Å²) in [7, 11) is 2.00. The van der Waals surface area contributed by atoms with Gasteiger partial charge in [0.15, 0.2) is 0 Å². The van der Waals surface area contributed by atoms with Gasteiger partial charge in [-0.15, -0.1) is 11.3 Å². The van der Waals surface area contributed by atoms with E-state index in [1.807, 2.05) is 7.05 Å². The number of thiophene rings is 1. The summed E-state index contributed by atoms with van der Waals surface area (Å²) in [5.74, 6) is 0. The zero-order valence-electron chi connectivity index (χ0n) is 9.50. The second kappa shape index (κ2) is 8.89. The molecule has 0 aliphatic carbocycles. The van der Waals surface area contributed by atoms with E-state index in [-0.39, 0.29) is 0 Å². The maximum Gasteiger partial charge on any atom is 0.0809 e. The minimum Gasteiger partial charge on any atom is -0.376 e. The molecule has 0 amide bonds. The van der Waals surface area contributed by atoms with Gasteiger partial charge >= 0.3 is 0 Å². The van der Waals surface area contributed by atoms with E-state index >= 15 is 0 Å². The van der Waals surface area contributed by atoms with Crippen molar-refractivity contribution in [1.82, 2.24) is 5.32 Å². The number of rotatable bonds is 9. The summed E-state index contributed by atoms with van der Waals surface area (Å²) in [6.45, 7) is 2.82. The van der Waals surface area contributed by atoms with E-state index in [0.29, 0.717) is 0 Å². The van der Waals surface area contributed by atoms with Crippen LogP contribution in [0.15, 0.2) is 17.5 Å². The first-order valence-electron chi connectivity index (χ1n) is 5.68. The van der Waals surface area contributed by atoms with Crippen LogP contribution in [0, 0.1) is 0 Å². The monoisotopic (exact) mass is 227 g/mol. The van der Waals surface area contributed by atoms with Crippen molar-refractivity contribution in [2.75, 3.05) is 20.2 Å². The molecule has 1 aromatic rings. The second-order valence-corrected chi connectivity index (χ2v) is 4.68. The van der Waals surface area contributed by atoms with Crippen LogP contribution in [-0.4, -0.2) is 20.2 Å². The van der Waals surface area contributed by atoms with Gasteiger partial charge in [-0.05, 0) is 37.9 Å². The summed E-state index contributed by atoms with van der Waals surface area (Å²) in [6, 6.07) is 4.19. The predicted molar refractivity (Wildman–Crippen MR) is 66.4 cm³/mol. The molecule has 0 atom stereocenters. The van der Waals surface area contributed by atoms with Crippen molar-refractivity contribution >= 4 is 11.3 Å². The van der Waals surface area contributed by atoms with Gasteiger partial charge < -0.3 is 10.1 Å². The highest BCUT2D eigenvalue weighted by molar-refractivity contribution is 7.09. The van der Waals surface area contributed by atoms with Crippen LogP contribution in [0.25, 0.3) is 0 Å². The summed E-state index contributed by atoms with van der Waals surface area (Å²) < 4.78 is 5.58. The smallest absolute Gasteiger partial charge is 0.0809 e. The van der Waals surface area contributed by atoms with E-state index < -0.39 is 0 Å². The highest BCUT2D eigenvalue weighted by Gasteiger charge is 1.94.